The van der Waals surface area contributed by atoms with Gasteiger partial charge in [-0.2, -0.15) is 4.73 Å². The van der Waals surface area contributed by atoms with E-state index in [-0.39, 0.29) is 0 Å². The van der Waals surface area contributed by atoms with Crippen molar-refractivity contribution >= 4 is 11.8 Å². The fourth-order valence-corrected chi connectivity index (χ4v) is 2.83. The zero-order valence-electron chi connectivity index (χ0n) is 13.8. The molecule has 0 unspecified atom stereocenters. The van der Waals surface area contributed by atoms with Crippen molar-refractivity contribution < 1.29 is 18.9 Å². The molecule has 0 bridgehead atoms. The second-order valence-corrected chi connectivity index (χ2v) is 6.13. The van der Waals surface area contributed by atoms with Crippen LogP contribution in [0.5, 0.6) is 0 Å². The second kappa shape index (κ2) is 11.7. The molecule has 1 heterocycles. The van der Waals surface area contributed by atoms with Gasteiger partial charge in [-0.3, -0.25) is 0 Å². The molecule has 0 spiro atoms. The summed E-state index contributed by atoms with van der Waals surface area (Å²) >= 11 is 1.78. The van der Waals surface area contributed by atoms with Gasteiger partial charge in [0.15, 0.2) is 11.9 Å². The van der Waals surface area contributed by atoms with Gasteiger partial charge in [-0.15, -0.1) is 11.8 Å². The van der Waals surface area contributed by atoms with Crippen LogP contribution in [0.25, 0.3) is 0 Å². The molecule has 0 radical (unpaired) electrons. The molecule has 0 amide bonds. The average Bonchev–Trinajstić information content (AvgIpc) is 2.52. The van der Waals surface area contributed by atoms with E-state index in [0.717, 1.165) is 54.4 Å². The van der Waals surface area contributed by atoms with Crippen LogP contribution in [-0.2, 0) is 14.2 Å². The first kappa shape index (κ1) is 19.2. The van der Waals surface area contributed by atoms with Crippen molar-refractivity contribution in [1.82, 2.24) is 0 Å². The van der Waals surface area contributed by atoms with Crippen molar-refractivity contribution in [2.45, 2.75) is 31.6 Å². The molecule has 1 aromatic rings. The molecule has 0 atom stereocenters. The highest BCUT2D eigenvalue weighted by atomic mass is 32.2. The molecule has 0 saturated heterocycles. The highest BCUT2D eigenvalue weighted by Gasteiger charge is 2.08. The smallest absolute Gasteiger partial charge is 0.193 e. The number of hydrogen-bond donors (Lipinski definition) is 0. The Morgan fingerprint density at radius 1 is 1.05 bits per heavy atom. The van der Waals surface area contributed by atoms with Crippen LogP contribution in [0, 0.1) is 19.1 Å². The van der Waals surface area contributed by atoms with E-state index in [1.54, 1.807) is 25.1 Å². The minimum atomic E-state index is 0.642. The Labute approximate surface area is 137 Å². The summed E-state index contributed by atoms with van der Waals surface area (Å²) in [6.07, 6.45) is 3.49. The third kappa shape index (κ3) is 7.45. The van der Waals surface area contributed by atoms with E-state index in [4.69, 9.17) is 14.2 Å². The third-order valence-corrected chi connectivity index (χ3v) is 4.55. The van der Waals surface area contributed by atoms with Crippen LogP contribution in [0.15, 0.2) is 17.2 Å². The average molecular weight is 329 g/mol. The number of thioether (sulfide) groups is 1. The SMILES string of the molecule is COCCOCCCOCCCSc1cc[n+]([O-])c(C)c1C. The lowest BCUT2D eigenvalue weighted by Crippen LogP contribution is -2.30. The highest BCUT2D eigenvalue weighted by molar-refractivity contribution is 7.99. The van der Waals surface area contributed by atoms with Crippen molar-refractivity contribution in [3.05, 3.63) is 28.7 Å². The van der Waals surface area contributed by atoms with Gasteiger partial charge >= 0.3 is 0 Å². The van der Waals surface area contributed by atoms with E-state index >= 15 is 0 Å². The zero-order valence-corrected chi connectivity index (χ0v) is 14.6. The number of pyridine rings is 1. The van der Waals surface area contributed by atoms with Crippen LogP contribution in [0.4, 0.5) is 0 Å². The minimum absolute atomic E-state index is 0.642. The number of methoxy groups -OCH3 is 1. The van der Waals surface area contributed by atoms with Crippen LogP contribution in [-0.4, -0.2) is 45.9 Å². The van der Waals surface area contributed by atoms with Crippen LogP contribution in [0.2, 0.25) is 0 Å². The number of ether oxygens (including phenoxy) is 3. The molecule has 0 N–H and O–H groups in total. The van der Waals surface area contributed by atoms with Crippen LogP contribution in [0.1, 0.15) is 24.1 Å². The van der Waals surface area contributed by atoms with Crippen molar-refractivity contribution in [3.8, 4) is 0 Å². The molecule has 1 aromatic heterocycles. The first-order valence-electron chi connectivity index (χ1n) is 7.63. The van der Waals surface area contributed by atoms with Gasteiger partial charge in [0, 0.05) is 56.1 Å². The van der Waals surface area contributed by atoms with Gasteiger partial charge in [0.05, 0.1) is 13.2 Å². The maximum Gasteiger partial charge on any atom is 0.193 e. The summed E-state index contributed by atoms with van der Waals surface area (Å²) in [6.45, 7) is 7.34. The quantitative estimate of drug-likeness (QED) is 0.255. The van der Waals surface area contributed by atoms with E-state index in [1.165, 1.54) is 4.90 Å². The Bertz CT molecular complexity index is 429. The van der Waals surface area contributed by atoms with E-state index in [9.17, 15) is 5.21 Å². The Morgan fingerprint density at radius 3 is 2.45 bits per heavy atom. The Balaban J connectivity index is 2.01. The molecular formula is C16H27NO4S. The number of rotatable bonds is 12. The summed E-state index contributed by atoms with van der Waals surface area (Å²) in [5.74, 6) is 0.994. The van der Waals surface area contributed by atoms with Gasteiger partial charge in [0.25, 0.3) is 0 Å². The lowest BCUT2D eigenvalue weighted by atomic mass is 10.2. The van der Waals surface area contributed by atoms with E-state index < -0.39 is 0 Å². The first-order chi connectivity index (χ1) is 10.7. The minimum Gasteiger partial charge on any atom is -0.619 e. The van der Waals surface area contributed by atoms with Gasteiger partial charge in [-0.1, -0.05) is 0 Å². The highest BCUT2D eigenvalue weighted by Crippen LogP contribution is 2.23. The molecule has 0 aliphatic carbocycles. The molecule has 0 aromatic carbocycles. The van der Waals surface area contributed by atoms with E-state index in [1.807, 2.05) is 19.9 Å². The van der Waals surface area contributed by atoms with Crippen molar-refractivity contribution in [2.75, 3.05) is 45.9 Å². The zero-order chi connectivity index (χ0) is 16.2. The van der Waals surface area contributed by atoms with Gasteiger partial charge in [0.1, 0.15) is 0 Å². The first-order valence-corrected chi connectivity index (χ1v) is 8.62. The second-order valence-electron chi connectivity index (χ2n) is 4.99. The van der Waals surface area contributed by atoms with E-state index in [0.29, 0.717) is 13.2 Å². The molecule has 22 heavy (non-hydrogen) atoms. The summed E-state index contributed by atoms with van der Waals surface area (Å²) in [4.78, 5) is 1.18. The maximum atomic E-state index is 11.4. The summed E-state index contributed by atoms with van der Waals surface area (Å²) in [6, 6.07) is 1.89. The van der Waals surface area contributed by atoms with Crippen LogP contribution >= 0.6 is 11.8 Å². The third-order valence-electron chi connectivity index (χ3n) is 3.30. The Hall–Kier alpha value is -0.820. The monoisotopic (exact) mass is 329 g/mol. The standard InChI is InChI=1S/C16H27NO4S/c1-14-15(2)17(18)7-6-16(14)22-13-5-10-20-8-4-9-21-12-11-19-3/h6-7H,4-5,8-13H2,1-3H3. The van der Waals surface area contributed by atoms with Crippen LogP contribution < -0.4 is 4.73 Å². The normalized spacial score (nSPS) is 11.0. The molecule has 6 heteroatoms. The lowest BCUT2D eigenvalue weighted by Gasteiger charge is -2.09. The van der Waals surface area contributed by atoms with Crippen molar-refractivity contribution in [3.63, 3.8) is 0 Å². The van der Waals surface area contributed by atoms with Gasteiger partial charge in [0.2, 0.25) is 0 Å². The lowest BCUT2D eigenvalue weighted by molar-refractivity contribution is -0.613. The van der Waals surface area contributed by atoms with Gasteiger partial charge in [-0.05, 0) is 19.8 Å². The molecule has 5 nitrogen and oxygen atoms in total. The molecule has 0 aliphatic heterocycles. The fourth-order valence-electron chi connectivity index (χ4n) is 1.82. The summed E-state index contributed by atoms with van der Waals surface area (Å²) < 4.78 is 16.7. The molecule has 0 saturated carbocycles. The fraction of sp³-hybridized carbons (Fsp3) is 0.688. The summed E-state index contributed by atoms with van der Waals surface area (Å²) in [5.41, 5.74) is 1.84. The number of nitrogens with zero attached hydrogens (tertiary/aromatic N) is 1. The molecular weight excluding hydrogens is 302 g/mol. The molecule has 0 fully saturated rings. The number of hydrogen-bond acceptors (Lipinski definition) is 5. The largest absolute Gasteiger partial charge is 0.619 e. The summed E-state index contributed by atoms with van der Waals surface area (Å²) in [7, 11) is 1.67. The molecule has 1 rings (SSSR count). The van der Waals surface area contributed by atoms with Crippen molar-refractivity contribution in [2.24, 2.45) is 0 Å². The summed E-state index contributed by atoms with van der Waals surface area (Å²) in [5, 5.41) is 11.4. The predicted molar refractivity (Wildman–Crippen MR) is 88.3 cm³/mol. The molecule has 0 aliphatic rings. The number of aromatic nitrogens is 1. The van der Waals surface area contributed by atoms with E-state index in [2.05, 4.69) is 0 Å². The van der Waals surface area contributed by atoms with Crippen molar-refractivity contribution in [1.29, 1.82) is 0 Å². The topological polar surface area (TPSA) is 54.6 Å². The van der Waals surface area contributed by atoms with Crippen LogP contribution in [0.3, 0.4) is 0 Å². The van der Waals surface area contributed by atoms with Gasteiger partial charge in [-0.25, -0.2) is 0 Å². The Kier molecular flexibility index (Phi) is 10.2. The predicted octanol–water partition coefficient (Wildman–Crippen LogP) is 2.49. The van der Waals surface area contributed by atoms with Gasteiger partial charge < -0.3 is 19.4 Å². The maximum absolute atomic E-state index is 11.4. The molecule has 126 valence electrons. The Morgan fingerprint density at radius 2 is 1.73 bits per heavy atom.